The lowest BCUT2D eigenvalue weighted by Gasteiger charge is -2.20. The molecule has 3 amide bonds. The predicted molar refractivity (Wildman–Crippen MR) is 105 cm³/mol. The molecule has 2 heterocycles. The largest absolute Gasteiger partial charge is 0.495 e. The zero-order valence-electron chi connectivity index (χ0n) is 15.2. The van der Waals surface area contributed by atoms with Crippen LogP contribution in [0.5, 0.6) is 5.75 Å². The summed E-state index contributed by atoms with van der Waals surface area (Å²) in [6.45, 7) is 1.05. The molecule has 4 rings (SSSR count). The van der Waals surface area contributed by atoms with Gasteiger partial charge in [-0.25, -0.2) is 9.78 Å². The maximum atomic E-state index is 12.7. The van der Waals surface area contributed by atoms with Crippen LogP contribution in [0.15, 0.2) is 24.3 Å². The summed E-state index contributed by atoms with van der Waals surface area (Å²) in [6, 6.07) is 7.21. The first-order chi connectivity index (χ1) is 13.2. The number of nitrogens with zero attached hydrogens (tertiary/aromatic N) is 3. The summed E-state index contributed by atoms with van der Waals surface area (Å²) in [5, 5.41) is 3.49. The number of aromatic nitrogens is 1. The summed E-state index contributed by atoms with van der Waals surface area (Å²) in [6.07, 6.45) is 4.37. The number of benzene rings is 1. The van der Waals surface area contributed by atoms with Crippen LogP contribution in [0, 0.1) is 0 Å². The highest BCUT2D eigenvalue weighted by Gasteiger charge is 2.32. The van der Waals surface area contributed by atoms with E-state index in [4.69, 9.17) is 4.74 Å². The molecule has 27 heavy (non-hydrogen) atoms. The van der Waals surface area contributed by atoms with Crippen molar-refractivity contribution in [2.24, 2.45) is 0 Å². The lowest BCUT2D eigenvalue weighted by atomic mass is 10.0. The van der Waals surface area contributed by atoms with Gasteiger partial charge in [0.25, 0.3) is 0 Å². The third-order valence-corrected chi connectivity index (χ3v) is 5.97. The number of fused-ring (bicyclic) bond motifs is 1. The Balaban J connectivity index is 1.39. The molecule has 0 saturated carbocycles. The lowest BCUT2D eigenvalue weighted by molar-refractivity contribution is -0.116. The molecule has 0 bridgehead atoms. The molecular formula is C19H22N4O3S. The quantitative estimate of drug-likeness (QED) is 0.857. The number of thiazole rings is 1. The van der Waals surface area contributed by atoms with Crippen LogP contribution in [0.4, 0.5) is 15.6 Å². The van der Waals surface area contributed by atoms with Crippen LogP contribution >= 0.6 is 11.3 Å². The maximum absolute atomic E-state index is 12.7. The van der Waals surface area contributed by atoms with Crippen LogP contribution in [0.2, 0.25) is 0 Å². The number of carbonyl (C=O) groups is 2. The molecule has 1 N–H and O–H groups in total. The highest BCUT2D eigenvalue weighted by Crippen LogP contribution is 2.31. The highest BCUT2D eigenvalue weighted by molar-refractivity contribution is 7.15. The van der Waals surface area contributed by atoms with E-state index < -0.39 is 0 Å². The van der Waals surface area contributed by atoms with Gasteiger partial charge in [-0.15, -0.1) is 11.3 Å². The molecule has 1 fully saturated rings. The number of urea groups is 1. The average molecular weight is 386 g/mol. The predicted octanol–water partition coefficient (Wildman–Crippen LogP) is 2.91. The van der Waals surface area contributed by atoms with Crippen molar-refractivity contribution >= 4 is 34.1 Å². The van der Waals surface area contributed by atoms with Crippen molar-refractivity contribution in [2.45, 2.75) is 25.7 Å². The minimum atomic E-state index is -0.212. The number of hydrogen-bond acceptors (Lipinski definition) is 5. The molecule has 2 aliphatic rings. The Morgan fingerprint density at radius 1 is 1.26 bits per heavy atom. The Morgan fingerprint density at radius 2 is 2.07 bits per heavy atom. The van der Waals surface area contributed by atoms with Gasteiger partial charge in [0, 0.05) is 18.0 Å². The van der Waals surface area contributed by atoms with Crippen LogP contribution in [-0.2, 0) is 17.6 Å². The van der Waals surface area contributed by atoms with E-state index in [1.165, 1.54) is 11.3 Å². The summed E-state index contributed by atoms with van der Waals surface area (Å²) in [5.74, 6) is 0.432. The zero-order valence-corrected chi connectivity index (χ0v) is 16.1. The fourth-order valence-electron chi connectivity index (χ4n) is 3.54. The molecule has 8 heteroatoms. The topological polar surface area (TPSA) is 74.8 Å². The van der Waals surface area contributed by atoms with Gasteiger partial charge in [-0.1, -0.05) is 12.1 Å². The molecule has 142 valence electrons. The Morgan fingerprint density at radius 3 is 2.89 bits per heavy atom. The molecule has 1 saturated heterocycles. The monoisotopic (exact) mass is 386 g/mol. The van der Waals surface area contributed by atoms with E-state index in [1.807, 2.05) is 24.3 Å². The number of rotatable bonds is 5. The Kier molecular flexibility index (Phi) is 4.98. The number of methoxy groups -OCH3 is 1. The van der Waals surface area contributed by atoms with Crippen molar-refractivity contribution in [1.82, 2.24) is 9.88 Å². The normalized spacial score (nSPS) is 16.4. The molecule has 0 spiro atoms. The number of anilines is 2. The number of amides is 3. The fourth-order valence-corrected chi connectivity index (χ4v) is 4.61. The molecule has 0 unspecified atom stereocenters. The van der Waals surface area contributed by atoms with Crippen LogP contribution in [0.3, 0.4) is 0 Å². The van der Waals surface area contributed by atoms with E-state index in [0.29, 0.717) is 24.0 Å². The van der Waals surface area contributed by atoms with E-state index in [-0.39, 0.29) is 18.5 Å². The summed E-state index contributed by atoms with van der Waals surface area (Å²) in [5.41, 5.74) is 1.83. The van der Waals surface area contributed by atoms with Crippen molar-refractivity contribution < 1.29 is 14.3 Å². The number of hydrogen-bond donors (Lipinski definition) is 1. The van der Waals surface area contributed by atoms with Crippen LogP contribution in [-0.4, -0.2) is 48.6 Å². The van der Waals surface area contributed by atoms with Crippen LogP contribution < -0.4 is 15.0 Å². The fraction of sp³-hybridized carbons (Fsp3) is 0.421. The third kappa shape index (κ3) is 3.62. The van der Waals surface area contributed by atoms with Gasteiger partial charge < -0.3 is 15.0 Å². The minimum absolute atomic E-state index is 0.0225. The highest BCUT2D eigenvalue weighted by atomic mass is 32.1. The first kappa shape index (κ1) is 17.8. The van der Waals surface area contributed by atoms with Gasteiger partial charge in [0.2, 0.25) is 5.91 Å². The minimum Gasteiger partial charge on any atom is -0.495 e. The molecule has 2 aromatic rings. The van der Waals surface area contributed by atoms with Crippen molar-refractivity contribution in [3.8, 4) is 5.75 Å². The van der Waals surface area contributed by atoms with E-state index in [9.17, 15) is 9.59 Å². The van der Waals surface area contributed by atoms with Gasteiger partial charge in [-0.05, 0) is 37.8 Å². The Bertz CT molecular complexity index is 843. The molecule has 7 nitrogen and oxygen atoms in total. The molecule has 1 aliphatic heterocycles. The SMILES string of the molecule is COc1ccccc1N1CCN(CC(=O)Nc2nc3c(s2)CCCC3)C1=O. The number of carbonyl (C=O) groups excluding carboxylic acids is 2. The second-order valence-corrected chi connectivity index (χ2v) is 7.76. The van der Waals surface area contributed by atoms with Gasteiger partial charge in [-0.3, -0.25) is 9.69 Å². The number of para-hydroxylation sites is 2. The van der Waals surface area contributed by atoms with Crippen molar-refractivity contribution in [3.63, 3.8) is 0 Å². The van der Waals surface area contributed by atoms with Gasteiger partial charge in [0.15, 0.2) is 5.13 Å². The number of aryl methyl sites for hydroxylation is 2. The standard InChI is InChI=1S/C19H22N4O3S/c1-26-15-8-4-3-7-14(15)23-11-10-22(19(23)25)12-17(24)21-18-20-13-6-2-5-9-16(13)27-18/h3-4,7-8H,2,5-6,9-12H2,1H3,(H,20,21,24). The summed E-state index contributed by atoms with van der Waals surface area (Å²) < 4.78 is 5.34. The molecule has 1 aromatic heterocycles. The molecule has 1 aliphatic carbocycles. The van der Waals surface area contributed by atoms with E-state index in [0.717, 1.165) is 30.6 Å². The van der Waals surface area contributed by atoms with Crippen molar-refractivity contribution in [2.75, 3.05) is 37.0 Å². The number of nitrogens with one attached hydrogen (secondary N) is 1. The van der Waals surface area contributed by atoms with E-state index >= 15 is 0 Å². The first-order valence-corrected chi connectivity index (χ1v) is 9.95. The van der Waals surface area contributed by atoms with Gasteiger partial charge >= 0.3 is 6.03 Å². The summed E-state index contributed by atoms with van der Waals surface area (Å²) >= 11 is 1.55. The van der Waals surface area contributed by atoms with Crippen molar-refractivity contribution in [1.29, 1.82) is 0 Å². The van der Waals surface area contributed by atoms with Gasteiger partial charge in [0.05, 0.1) is 18.5 Å². The molecule has 0 atom stereocenters. The summed E-state index contributed by atoms with van der Waals surface area (Å²) in [4.78, 5) is 34.1. The maximum Gasteiger partial charge on any atom is 0.325 e. The first-order valence-electron chi connectivity index (χ1n) is 9.13. The van der Waals surface area contributed by atoms with Crippen LogP contribution in [0.25, 0.3) is 0 Å². The Hall–Kier alpha value is -2.61. The second-order valence-electron chi connectivity index (χ2n) is 6.67. The second kappa shape index (κ2) is 7.56. The molecular weight excluding hydrogens is 364 g/mol. The number of ether oxygens (including phenoxy) is 1. The third-order valence-electron chi connectivity index (χ3n) is 4.90. The zero-order chi connectivity index (χ0) is 18.8. The summed E-state index contributed by atoms with van der Waals surface area (Å²) in [7, 11) is 1.58. The lowest BCUT2D eigenvalue weighted by Crippen LogP contribution is -2.37. The van der Waals surface area contributed by atoms with Gasteiger partial charge in [-0.2, -0.15) is 0 Å². The van der Waals surface area contributed by atoms with E-state index in [1.54, 1.807) is 28.2 Å². The smallest absolute Gasteiger partial charge is 0.325 e. The van der Waals surface area contributed by atoms with Crippen LogP contribution in [0.1, 0.15) is 23.4 Å². The van der Waals surface area contributed by atoms with Gasteiger partial charge in [0.1, 0.15) is 12.3 Å². The van der Waals surface area contributed by atoms with E-state index in [2.05, 4.69) is 10.3 Å². The van der Waals surface area contributed by atoms with Crippen molar-refractivity contribution in [3.05, 3.63) is 34.8 Å². The molecule has 0 radical (unpaired) electrons. The average Bonchev–Trinajstić information content (AvgIpc) is 3.24. The molecule has 1 aromatic carbocycles. The Labute approximate surface area is 161 Å².